The van der Waals surface area contributed by atoms with Crippen LogP contribution in [0.3, 0.4) is 0 Å². The zero-order valence-corrected chi connectivity index (χ0v) is 16.0. The van der Waals surface area contributed by atoms with E-state index in [-0.39, 0.29) is 0 Å². The molecule has 0 aliphatic heterocycles. The average molecular weight is 366 g/mol. The molecule has 0 spiro atoms. The Bertz CT molecular complexity index is 476. The molecule has 148 valence electrons. The molecule has 0 bridgehead atoms. The van der Waals surface area contributed by atoms with Crippen LogP contribution in [-0.4, -0.2) is 28.2 Å². The van der Waals surface area contributed by atoms with Gasteiger partial charge in [0, 0.05) is 6.42 Å². The number of hydrogen-bond acceptors (Lipinski definition) is 3. The third kappa shape index (κ3) is 15.6. The highest BCUT2D eigenvalue weighted by atomic mass is 16.4. The summed E-state index contributed by atoms with van der Waals surface area (Å²) in [5.41, 5.74) is 6.30. The van der Waals surface area contributed by atoms with Gasteiger partial charge in [0.05, 0.1) is 0 Å². The maximum atomic E-state index is 10.4. The van der Waals surface area contributed by atoms with Crippen LogP contribution in [0.5, 0.6) is 0 Å². The van der Waals surface area contributed by atoms with E-state index in [0.29, 0.717) is 12.8 Å². The summed E-state index contributed by atoms with van der Waals surface area (Å²) in [6.45, 7) is 2.23. The first kappa shape index (κ1) is 24.1. The molecule has 0 amide bonds. The molecule has 1 aromatic rings. The SMILES string of the molecule is CCCCCCCCCCCC(=O)O.NC(Cc1ccccc1)C(=O)O. The van der Waals surface area contributed by atoms with Gasteiger partial charge < -0.3 is 15.9 Å². The Hall–Kier alpha value is -1.88. The molecule has 1 aromatic carbocycles. The van der Waals surface area contributed by atoms with Crippen molar-refractivity contribution < 1.29 is 19.8 Å². The first-order valence-electron chi connectivity index (χ1n) is 9.71. The third-order valence-corrected chi connectivity index (χ3v) is 4.11. The number of carboxylic acids is 2. The normalized spacial score (nSPS) is 11.3. The molecule has 26 heavy (non-hydrogen) atoms. The van der Waals surface area contributed by atoms with Gasteiger partial charge in [-0.15, -0.1) is 0 Å². The second-order valence-corrected chi connectivity index (χ2v) is 6.61. The molecule has 0 fully saturated rings. The van der Waals surface area contributed by atoms with Crippen molar-refractivity contribution in [2.75, 3.05) is 0 Å². The zero-order valence-electron chi connectivity index (χ0n) is 16.0. The van der Waals surface area contributed by atoms with Gasteiger partial charge in [0.15, 0.2) is 0 Å². The number of benzene rings is 1. The highest BCUT2D eigenvalue weighted by Gasteiger charge is 2.10. The zero-order chi connectivity index (χ0) is 19.6. The molecule has 5 heteroatoms. The van der Waals surface area contributed by atoms with Crippen molar-refractivity contribution >= 4 is 11.9 Å². The first-order chi connectivity index (χ1) is 12.5. The van der Waals surface area contributed by atoms with Gasteiger partial charge in [-0.05, 0) is 18.4 Å². The molecule has 1 unspecified atom stereocenters. The number of rotatable bonds is 13. The van der Waals surface area contributed by atoms with E-state index < -0.39 is 18.0 Å². The summed E-state index contributed by atoms with van der Waals surface area (Å²) < 4.78 is 0. The van der Waals surface area contributed by atoms with Crippen molar-refractivity contribution in [1.29, 1.82) is 0 Å². The number of carboxylic acid groups (broad SMARTS) is 2. The standard InChI is InChI=1S/C12H24O2.C9H11NO2/c1-2-3-4-5-6-7-8-9-10-11-12(13)14;10-8(9(11)12)6-7-4-2-1-3-5-7/h2-11H2,1H3,(H,13,14);1-5,8H,6,10H2,(H,11,12). The van der Waals surface area contributed by atoms with E-state index in [1.165, 1.54) is 44.9 Å². The van der Waals surface area contributed by atoms with Gasteiger partial charge in [0.25, 0.3) is 0 Å². The van der Waals surface area contributed by atoms with Gasteiger partial charge in [-0.3, -0.25) is 9.59 Å². The summed E-state index contributed by atoms with van der Waals surface area (Å²) in [5.74, 6) is -1.62. The lowest BCUT2D eigenvalue weighted by Gasteiger charge is -2.04. The molecule has 0 saturated heterocycles. The molecule has 4 N–H and O–H groups in total. The Morgan fingerprint density at radius 3 is 1.85 bits per heavy atom. The van der Waals surface area contributed by atoms with E-state index >= 15 is 0 Å². The Morgan fingerprint density at radius 1 is 0.885 bits per heavy atom. The van der Waals surface area contributed by atoms with Gasteiger partial charge in [-0.1, -0.05) is 88.6 Å². The van der Waals surface area contributed by atoms with Gasteiger partial charge in [0.1, 0.15) is 6.04 Å². The van der Waals surface area contributed by atoms with Crippen molar-refractivity contribution in [2.24, 2.45) is 5.73 Å². The summed E-state index contributed by atoms with van der Waals surface area (Å²) in [4.78, 5) is 20.6. The quantitative estimate of drug-likeness (QED) is 0.442. The molecule has 0 aliphatic rings. The van der Waals surface area contributed by atoms with Crippen LogP contribution < -0.4 is 5.73 Å². The fourth-order valence-electron chi connectivity index (χ4n) is 2.54. The molecular weight excluding hydrogens is 330 g/mol. The Kier molecular flexibility index (Phi) is 15.4. The number of carbonyl (C=O) groups is 2. The van der Waals surface area contributed by atoms with E-state index in [4.69, 9.17) is 15.9 Å². The van der Waals surface area contributed by atoms with Crippen molar-refractivity contribution in [2.45, 2.75) is 83.6 Å². The predicted octanol–water partition coefficient (Wildman–Crippen LogP) is 4.63. The summed E-state index contributed by atoms with van der Waals surface area (Å²) in [5, 5.41) is 16.9. The minimum atomic E-state index is -0.959. The van der Waals surface area contributed by atoms with Crippen molar-refractivity contribution in [3.63, 3.8) is 0 Å². The van der Waals surface area contributed by atoms with E-state index in [2.05, 4.69) is 6.92 Å². The number of hydrogen-bond donors (Lipinski definition) is 3. The van der Waals surface area contributed by atoms with Gasteiger partial charge in [-0.2, -0.15) is 0 Å². The Labute approximate surface area is 157 Å². The molecule has 1 atom stereocenters. The van der Waals surface area contributed by atoms with Gasteiger partial charge >= 0.3 is 11.9 Å². The van der Waals surface area contributed by atoms with E-state index in [1.807, 2.05) is 30.3 Å². The summed E-state index contributed by atoms with van der Waals surface area (Å²) >= 11 is 0. The largest absolute Gasteiger partial charge is 0.481 e. The maximum Gasteiger partial charge on any atom is 0.320 e. The molecule has 0 radical (unpaired) electrons. The molecule has 5 nitrogen and oxygen atoms in total. The van der Waals surface area contributed by atoms with Gasteiger partial charge in [0.2, 0.25) is 0 Å². The molecule has 0 aromatic heterocycles. The first-order valence-corrected chi connectivity index (χ1v) is 9.71. The second kappa shape index (κ2) is 16.6. The van der Waals surface area contributed by atoms with Crippen LogP contribution in [0.4, 0.5) is 0 Å². The number of unbranched alkanes of at least 4 members (excludes halogenated alkanes) is 8. The van der Waals surface area contributed by atoms with Crippen LogP contribution in [0.2, 0.25) is 0 Å². The van der Waals surface area contributed by atoms with Gasteiger partial charge in [-0.25, -0.2) is 0 Å². The fourth-order valence-corrected chi connectivity index (χ4v) is 2.54. The molecule has 0 heterocycles. The number of aliphatic carboxylic acids is 2. The lowest BCUT2D eigenvalue weighted by molar-refractivity contribution is -0.139. The van der Waals surface area contributed by atoms with Crippen LogP contribution in [0.25, 0.3) is 0 Å². The highest BCUT2D eigenvalue weighted by molar-refractivity contribution is 5.73. The van der Waals surface area contributed by atoms with E-state index in [0.717, 1.165) is 18.4 Å². The highest BCUT2D eigenvalue weighted by Crippen LogP contribution is 2.10. The summed E-state index contributed by atoms with van der Waals surface area (Å²) in [6, 6.07) is 8.54. The average Bonchev–Trinajstić information content (AvgIpc) is 2.61. The van der Waals surface area contributed by atoms with E-state index in [1.54, 1.807) is 0 Å². The molecular formula is C21H35NO4. The Balaban J connectivity index is 0.000000485. The minimum Gasteiger partial charge on any atom is -0.481 e. The maximum absolute atomic E-state index is 10.4. The van der Waals surface area contributed by atoms with Crippen LogP contribution >= 0.6 is 0 Å². The summed E-state index contributed by atoms with van der Waals surface area (Å²) in [7, 11) is 0. The van der Waals surface area contributed by atoms with Crippen molar-refractivity contribution in [1.82, 2.24) is 0 Å². The van der Waals surface area contributed by atoms with E-state index in [9.17, 15) is 9.59 Å². The van der Waals surface area contributed by atoms with Crippen molar-refractivity contribution in [3.8, 4) is 0 Å². The van der Waals surface area contributed by atoms with Crippen LogP contribution in [-0.2, 0) is 16.0 Å². The smallest absolute Gasteiger partial charge is 0.320 e. The second-order valence-electron chi connectivity index (χ2n) is 6.61. The third-order valence-electron chi connectivity index (χ3n) is 4.11. The monoisotopic (exact) mass is 365 g/mol. The van der Waals surface area contributed by atoms with Crippen LogP contribution in [0, 0.1) is 0 Å². The van der Waals surface area contributed by atoms with Crippen molar-refractivity contribution in [3.05, 3.63) is 35.9 Å². The topological polar surface area (TPSA) is 101 Å². The lowest BCUT2D eigenvalue weighted by atomic mass is 10.1. The fraction of sp³-hybridized carbons (Fsp3) is 0.619. The Morgan fingerprint density at radius 2 is 1.38 bits per heavy atom. The molecule has 0 saturated carbocycles. The van der Waals surface area contributed by atoms with Crippen LogP contribution in [0.15, 0.2) is 30.3 Å². The lowest BCUT2D eigenvalue weighted by Crippen LogP contribution is -2.32. The minimum absolute atomic E-state index is 0.343. The predicted molar refractivity (Wildman–Crippen MR) is 105 cm³/mol. The van der Waals surface area contributed by atoms with Crippen LogP contribution in [0.1, 0.15) is 76.7 Å². The summed E-state index contributed by atoms with van der Waals surface area (Å²) in [6.07, 6.45) is 11.9. The number of nitrogens with two attached hydrogens (primary N) is 1. The molecule has 0 aliphatic carbocycles. The molecule has 1 rings (SSSR count).